The Labute approximate surface area is 139 Å². The summed E-state index contributed by atoms with van der Waals surface area (Å²) >= 11 is 0. The van der Waals surface area contributed by atoms with E-state index in [-0.39, 0.29) is 5.91 Å². The average molecular weight is 322 g/mol. The van der Waals surface area contributed by atoms with Gasteiger partial charge in [-0.1, -0.05) is 27.2 Å². The van der Waals surface area contributed by atoms with Crippen LogP contribution in [0.15, 0.2) is 18.3 Å². The number of anilines is 1. The van der Waals surface area contributed by atoms with Crippen LogP contribution in [-0.2, 0) is 9.53 Å². The van der Waals surface area contributed by atoms with Gasteiger partial charge in [-0.2, -0.15) is 0 Å². The zero-order valence-electron chi connectivity index (χ0n) is 15.0. The summed E-state index contributed by atoms with van der Waals surface area (Å²) in [5, 5.41) is 2.89. The third-order valence-corrected chi connectivity index (χ3v) is 3.48. The van der Waals surface area contributed by atoms with Crippen molar-refractivity contribution < 1.29 is 14.3 Å². The minimum absolute atomic E-state index is 0.144. The third kappa shape index (κ3) is 6.57. The summed E-state index contributed by atoms with van der Waals surface area (Å²) in [6.07, 6.45) is 4.36. The van der Waals surface area contributed by atoms with E-state index in [0.29, 0.717) is 37.1 Å². The SMILES string of the molecule is CCCCOc1ccc(NC(=O)C(C)(CC(C)C)OCC)cn1. The molecule has 1 unspecified atom stereocenters. The van der Waals surface area contributed by atoms with Crippen molar-refractivity contribution in [2.75, 3.05) is 18.5 Å². The van der Waals surface area contributed by atoms with Gasteiger partial charge in [0.25, 0.3) is 5.91 Å². The zero-order chi connectivity index (χ0) is 17.3. The lowest BCUT2D eigenvalue weighted by molar-refractivity contribution is -0.140. The van der Waals surface area contributed by atoms with Gasteiger partial charge in [0.1, 0.15) is 5.60 Å². The molecule has 1 heterocycles. The van der Waals surface area contributed by atoms with Crippen molar-refractivity contribution in [1.82, 2.24) is 4.98 Å². The number of unbranched alkanes of at least 4 members (excludes halogenated alkanes) is 1. The standard InChI is InChI=1S/C18H30N2O3/c1-6-8-11-22-16-10-9-15(13-19-16)20-17(21)18(5,23-7-2)12-14(3)4/h9-10,13-14H,6-8,11-12H2,1-5H3,(H,20,21). The van der Waals surface area contributed by atoms with Gasteiger partial charge in [0, 0.05) is 12.7 Å². The molecule has 1 N–H and O–H groups in total. The Kier molecular flexibility index (Phi) is 8.03. The fourth-order valence-corrected chi connectivity index (χ4v) is 2.44. The lowest BCUT2D eigenvalue weighted by Gasteiger charge is -2.29. The molecule has 0 saturated heterocycles. The Hall–Kier alpha value is -1.62. The maximum Gasteiger partial charge on any atom is 0.256 e. The van der Waals surface area contributed by atoms with Crippen LogP contribution in [0.1, 0.15) is 53.9 Å². The molecule has 1 amide bonds. The highest BCUT2D eigenvalue weighted by Gasteiger charge is 2.34. The maximum absolute atomic E-state index is 12.6. The molecule has 0 aliphatic rings. The number of rotatable bonds is 10. The van der Waals surface area contributed by atoms with Gasteiger partial charge in [0.15, 0.2) is 0 Å². The summed E-state index contributed by atoms with van der Waals surface area (Å²) in [7, 11) is 0. The second-order valence-electron chi connectivity index (χ2n) is 6.30. The first-order chi connectivity index (χ1) is 10.9. The number of carbonyl (C=O) groups excluding carboxylic acids is 1. The summed E-state index contributed by atoms with van der Waals surface area (Å²) in [5.74, 6) is 0.797. The molecule has 5 heteroatoms. The van der Waals surface area contributed by atoms with Gasteiger partial charge in [-0.05, 0) is 38.7 Å². The van der Waals surface area contributed by atoms with E-state index in [1.54, 1.807) is 18.3 Å². The van der Waals surface area contributed by atoms with E-state index in [4.69, 9.17) is 9.47 Å². The van der Waals surface area contributed by atoms with Gasteiger partial charge in [-0.25, -0.2) is 4.98 Å². The molecular formula is C18H30N2O3. The largest absolute Gasteiger partial charge is 0.478 e. The second kappa shape index (κ2) is 9.50. The third-order valence-electron chi connectivity index (χ3n) is 3.48. The topological polar surface area (TPSA) is 60.5 Å². The van der Waals surface area contributed by atoms with Crippen LogP contribution in [0, 0.1) is 5.92 Å². The molecule has 1 rings (SSSR count). The van der Waals surface area contributed by atoms with Crippen molar-refractivity contribution in [2.24, 2.45) is 5.92 Å². The van der Waals surface area contributed by atoms with Crippen LogP contribution in [-0.4, -0.2) is 29.7 Å². The molecule has 130 valence electrons. The number of hydrogen-bond acceptors (Lipinski definition) is 4. The Balaban J connectivity index is 2.67. The predicted octanol–water partition coefficient (Wildman–Crippen LogP) is 4.04. The van der Waals surface area contributed by atoms with E-state index in [9.17, 15) is 4.79 Å². The molecule has 0 bridgehead atoms. The fraction of sp³-hybridized carbons (Fsp3) is 0.667. The zero-order valence-corrected chi connectivity index (χ0v) is 15.0. The number of pyridine rings is 1. The second-order valence-corrected chi connectivity index (χ2v) is 6.30. The number of carbonyl (C=O) groups is 1. The van der Waals surface area contributed by atoms with E-state index < -0.39 is 5.60 Å². The fourth-order valence-electron chi connectivity index (χ4n) is 2.44. The minimum Gasteiger partial charge on any atom is -0.478 e. The molecule has 0 saturated carbocycles. The highest BCUT2D eigenvalue weighted by molar-refractivity contribution is 5.96. The van der Waals surface area contributed by atoms with Crippen LogP contribution in [0.2, 0.25) is 0 Å². The number of ether oxygens (including phenoxy) is 2. The highest BCUT2D eigenvalue weighted by Crippen LogP contribution is 2.23. The normalized spacial score (nSPS) is 13.7. The van der Waals surface area contributed by atoms with Crippen molar-refractivity contribution >= 4 is 11.6 Å². The number of hydrogen-bond donors (Lipinski definition) is 1. The van der Waals surface area contributed by atoms with Crippen LogP contribution >= 0.6 is 0 Å². The Morgan fingerprint density at radius 1 is 1.35 bits per heavy atom. The van der Waals surface area contributed by atoms with Crippen molar-refractivity contribution in [3.63, 3.8) is 0 Å². The van der Waals surface area contributed by atoms with E-state index in [1.807, 2.05) is 13.8 Å². The van der Waals surface area contributed by atoms with E-state index in [2.05, 4.69) is 31.1 Å². The van der Waals surface area contributed by atoms with Gasteiger partial charge in [-0.3, -0.25) is 4.79 Å². The van der Waals surface area contributed by atoms with E-state index in [0.717, 1.165) is 12.8 Å². The van der Waals surface area contributed by atoms with Crippen molar-refractivity contribution in [1.29, 1.82) is 0 Å². The quantitative estimate of drug-likeness (QED) is 0.660. The lowest BCUT2D eigenvalue weighted by atomic mass is 9.93. The van der Waals surface area contributed by atoms with E-state index in [1.165, 1.54) is 0 Å². The number of nitrogens with zero attached hydrogens (tertiary/aromatic N) is 1. The maximum atomic E-state index is 12.6. The van der Waals surface area contributed by atoms with Gasteiger partial charge in [0.2, 0.25) is 5.88 Å². The van der Waals surface area contributed by atoms with Gasteiger partial charge < -0.3 is 14.8 Å². The summed E-state index contributed by atoms with van der Waals surface area (Å²) in [6, 6.07) is 3.57. The summed E-state index contributed by atoms with van der Waals surface area (Å²) in [4.78, 5) is 16.8. The van der Waals surface area contributed by atoms with Crippen molar-refractivity contribution in [2.45, 2.75) is 59.5 Å². The number of aromatic nitrogens is 1. The van der Waals surface area contributed by atoms with Crippen LogP contribution in [0.4, 0.5) is 5.69 Å². The smallest absolute Gasteiger partial charge is 0.256 e. The van der Waals surface area contributed by atoms with Crippen LogP contribution in [0.3, 0.4) is 0 Å². The number of amides is 1. The molecule has 5 nitrogen and oxygen atoms in total. The van der Waals surface area contributed by atoms with Crippen molar-refractivity contribution in [3.8, 4) is 5.88 Å². The molecule has 0 fully saturated rings. The molecule has 0 spiro atoms. The average Bonchev–Trinajstić information content (AvgIpc) is 2.48. The predicted molar refractivity (Wildman–Crippen MR) is 92.8 cm³/mol. The molecule has 1 aromatic rings. The minimum atomic E-state index is -0.834. The van der Waals surface area contributed by atoms with Gasteiger partial charge in [-0.15, -0.1) is 0 Å². The van der Waals surface area contributed by atoms with Crippen molar-refractivity contribution in [3.05, 3.63) is 18.3 Å². The van der Waals surface area contributed by atoms with Gasteiger partial charge >= 0.3 is 0 Å². The van der Waals surface area contributed by atoms with Gasteiger partial charge in [0.05, 0.1) is 18.5 Å². The Morgan fingerprint density at radius 2 is 2.09 bits per heavy atom. The molecule has 0 aliphatic carbocycles. The first-order valence-corrected chi connectivity index (χ1v) is 8.45. The number of nitrogens with one attached hydrogen (secondary N) is 1. The highest BCUT2D eigenvalue weighted by atomic mass is 16.5. The molecule has 1 atom stereocenters. The Bertz CT molecular complexity index is 474. The molecular weight excluding hydrogens is 292 g/mol. The van der Waals surface area contributed by atoms with Crippen LogP contribution < -0.4 is 10.1 Å². The molecule has 0 radical (unpaired) electrons. The molecule has 1 aromatic heterocycles. The first kappa shape index (κ1) is 19.4. The van der Waals surface area contributed by atoms with Crippen LogP contribution in [0.25, 0.3) is 0 Å². The monoisotopic (exact) mass is 322 g/mol. The summed E-state index contributed by atoms with van der Waals surface area (Å²) in [5.41, 5.74) is -0.188. The molecule has 23 heavy (non-hydrogen) atoms. The van der Waals surface area contributed by atoms with E-state index >= 15 is 0 Å². The summed E-state index contributed by atoms with van der Waals surface area (Å²) < 4.78 is 11.2. The molecule has 0 aromatic carbocycles. The first-order valence-electron chi connectivity index (χ1n) is 8.45. The Morgan fingerprint density at radius 3 is 2.61 bits per heavy atom. The molecule has 0 aliphatic heterocycles. The summed E-state index contributed by atoms with van der Waals surface area (Å²) in [6.45, 7) is 11.2. The van der Waals surface area contributed by atoms with Crippen LogP contribution in [0.5, 0.6) is 5.88 Å². The lowest BCUT2D eigenvalue weighted by Crippen LogP contribution is -2.44.